The van der Waals surface area contributed by atoms with Gasteiger partial charge in [-0.2, -0.15) is 0 Å². The number of amides is 1. The number of carbonyl (C=O) groups excluding carboxylic acids is 1. The summed E-state index contributed by atoms with van der Waals surface area (Å²) in [5.41, 5.74) is 2.33. The fraction of sp³-hybridized carbons (Fsp3) is 0.643. The Kier molecular flexibility index (Phi) is 4.19. The van der Waals surface area contributed by atoms with Crippen molar-refractivity contribution < 1.29 is 14.3 Å². The van der Waals surface area contributed by atoms with E-state index in [1.807, 2.05) is 26.2 Å². The minimum absolute atomic E-state index is 0.0298. The molecule has 2 aliphatic heterocycles. The van der Waals surface area contributed by atoms with Gasteiger partial charge in [-0.15, -0.1) is 0 Å². The van der Waals surface area contributed by atoms with E-state index in [9.17, 15) is 4.79 Å². The van der Waals surface area contributed by atoms with Crippen molar-refractivity contribution in [1.29, 1.82) is 0 Å². The topological polar surface area (TPSA) is 45.4 Å². The molecule has 0 bridgehead atoms. The molecule has 2 aliphatic rings. The lowest BCUT2D eigenvalue weighted by Gasteiger charge is -2.14. The molecule has 0 aliphatic carbocycles. The Labute approximate surface area is 108 Å². The summed E-state index contributed by atoms with van der Waals surface area (Å²) in [7, 11) is 0. The van der Waals surface area contributed by atoms with E-state index in [4.69, 9.17) is 9.47 Å². The standard InChI is InChI=1S/C14H21NO3/c1-10(4-13-8-17-13)6-15(12(3)16)7-11(2)5-14-9-18-14/h6-7,13-14H,4-5,8-9H2,1-3H3. The van der Waals surface area contributed by atoms with Crippen LogP contribution in [0.4, 0.5) is 0 Å². The van der Waals surface area contributed by atoms with E-state index in [0.29, 0.717) is 12.2 Å². The van der Waals surface area contributed by atoms with Crippen LogP contribution < -0.4 is 0 Å². The lowest BCUT2D eigenvalue weighted by atomic mass is 10.1. The summed E-state index contributed by atoms with van der Waals surface area (Å²) in [4.78, 5) is 13.3. The van der Waals surface area contributed by atoms with E-state index in [1.54, 1.807) is 11.8 Å². The summed E-state index contributed by atoms with van der Waals surface area (Å²) in [5.74, 6) is 0.0298. The fourth-order valence-electron chi connectivity index (χ4n) is 1.89. The van der Waals surface area contributed by atoms with Gasteiger partial charge in [0.2, 0.25) is 5.91 Å². The molecule has 2 fully saturated rings. The molecule has 0 radical (unpaired) electrons. The fourth-order valence-corrected chi connectivity index (χ4v) is 1.89. The van der Waals surface area contributed by atoms with Gasteiger partial charge < -0.3 is 9.47 Å². The Morgan fingerprint density at radius 1 is 1.06 bits per heavy atom. The van der Waals surface area contributed by atoms with Crippen LogP contribution in [0.2, 0.25) is 0 Å². The summed E-state index contributed by atoms with van der Waals surface area (Å²) >= 11 is 0. The van der Waals surface area contributed by atoms with E-state index in [0.717, 1.165) is 26.1 Å². The monoisotopic (exact) mass is 251 g/mol. The molecule has 4 nitrogen and oxygen atoms in total. The van der Waals surface area contributed by atoms with E-state index in [-0.39, 0.29) is 5.91 Å². The third-order valence-corrected chi connectivity index (χ3v) is 2.99. The third kappa shape index (κ3) is 4.63. The SMILES string of the molecule is CC(=O)N(C=C(C)CC1CO1)C=C(C)CC1CO1. The largest absolute Gasteiger partial charge is 0.373 e. The van der Waals surface area contributed by atoms with E-state index in [2.05, 4.69) is 0 Å². The molecule has 0 spiro atoms. The van der Waals surface area contributed by atoms with Gasteiger partial charge in [0.05, 0.1) is 25.4 Å². The van der Waals surface area contributed by atoms with Crippen molar-refractivity contribution in [1.82, 2.24) is 4.90 Å². The van der Waals surface area contributed by atoms with Crippen molar-refractivity contribution in [2.24, 2.45) is 0 Å². The molecule has 2 saturated heterocycles. The smallest absolute Gasteiger partial charge is 0.227 e. The van der Waals surface area contributed by atoms with Crippen molar-refractivity contribution in [2.75, 3.05) is 13.2 Å². The minimum atomic E-state index is 0.0298. The van der Waals surface area contributed by atoms with Crippen LogP contribution in [0.3, 0.4) is 0 Å². The van der Waals surface area contributed by atoms with Gasteiger partial charge in [0.15, 0.2) is 0 Å². The Morgan fingerprint density at radius 3 is 1.72 bits per heavy atom. The van der Waals surface area contributed by atoms with Gasteiger partial charge in [-0.05, 0) is 26.7 Å². The van der Waals surface area contributed by atoms with Gasteiger partial charge in [-0.1, -0.05) is 11.1 Å². The van der Waals surface area contributed by atoms with Gasteiger partial charge in [-0.3, -0.25) is 9.69 Å². The first-order valence-electron chi connectivity index (χ1n) is 6.41. The molecule has 1 amide bonds. The Balaban J connectivity index is 1.94. The van der Waals surface area contributed by atoms with Crippen molar-refractivity contribution in [2.45, 2.75) is 45.8 Å². The Hall–Kier alpha value is -1.13. The van der Waals surface area contributed by atoms with E-state index >= 15 is 0 Å². The second kappa shape index (κ2) is 5.67. The minimum Gasteiger partial charge on any atom is -0.373 e. The maximum Gasteiger partial charge on any atom is 0.227 e. The highest BCUT2D eigenvalue weighted by Gasteiger charge is 2.23. The van der Waals surface area contributed by atoms with Crippen LogP contribution >= 0.6 is 0 Å². The second-order valence-electron chi connectivity index (χ2n) is 5.20. The molecule has 2 atom stereocenters. The summed E-state index contributed by atoms with van der Waals surface area (Å²) in [6, 6.07) is 0. The van der Waals surface area contributed by atoms with Gasteiger partial charge in [0.1, 0.15) is 0 Å². The lowest BCUT2D eigenvalue weighted by molar-refractivity contribution is -0.124. The maximum atomic E-state index is 11.6. The van der Waals surface area contributed by atoms with Crippen molar-refractivity contribution >= 4 is 5.91 Å². The average molecular weight is 251 g/mol. The Morgan fingerprint density at radius 2 is 1.44 bits per heavy atom. The number of hydrogen-bond donors (Lipinski definition) is 0. The summed E-state index contributed by atoms with van der Waals surface area (Å²) < 4.78 is 10.4. The first kappa shape index (κ1) is 13.3. The van der Waals surface area contributed by atoms with Gasteiger partial charge >= 0.3 is 0 Å². The zero-order valence-corrected chi connectivity index (χ0v) is 11.3. The third-order valence-electron chi connectivity index (χ3n) is 2.99. The normalized spacial score (nSPS) is 27.1. The van der Waals surface area contributed by atoms with Crippen LogP contribution in [-0.2, 0) is 14.3 Å². The molecule has 18 heavy (non-hydrogen) atoms. The molecule has 0 aromatic rings. The van der Waals surface area contributed by atoms with Gasteiger partial charge in [0, 0.05) is 19.3 Å². The quantitative estimate of drug-likeness (QED) is 0.680. The molecule has 2 heterocycles. The highest BCUT2D eigenvalue weighted by Crippen LogP contribution is 2.21. The molecule has 0 N–H and O–H groups in total. The molecule has 2 rings (SSSR count). The molecular weight excluding hydrogens is 230 g/mol. The molecule has 2 unspecified atom stereocenters. The van der Waals surface area contributed by atoms with Crippen LogP contribution in [-0.4, -0.2) is 36.2 Å². The number of rotatable bonds is 6. The van der Waals surface area contributed by atoms with Crippen LogP contribution in [0.25, 0.3) is 0 Å². The molecule has 0 saturated carbocycles. The molecule has 0 aromatic carbocycles. The van der Waals surface area contributed by atoms with Crippen LogP contribution in [0, 0.1) is 0 Å². The van der Waals surface area contributed by atoms with Gasteiger partial charge in [0.25, 0.3) is 0 Å². The zero-order chi connectivity index (χ0) is 13.1. The predicted octanol–water partition coefficient (Wildman–Crippen LogP) is 2.22. The highest BCUT2D eigenvalue weighted by atomic mass is 16.6. The second-order valence-corrected chi connectivity index (χ2v) is 5.20. The van der Waals surface area contributed by atoms with E-state index < -0.39 is 0 Å². The number of hydrogen-bond acceptors (Lipinski definition) is 3. The molecular formula is C14H21NO3. The summed E-state index contributed by atoms with van der Waals surface area (Å²) in [5, 5.41) is 0. The first-order chi connectivity index (χ1) is 8.54. The first-order valence-corrected chi connectivity index (χ1v) is 6.41. The maximum absolute atomic E-state index is 11.6. The number of epoxide rings is 2. The molecule has 100 valence electrons. The molecule has 4 heteroatoms. The molecule has 0 aromatic heterocycles. The number of carbonyl (C=O) groups is 1. The predicted molar refractivity (Wildman–Crippen MR) is 68.7 cm³/mol. The van der Waals surface area contributed by atoms with Crippen molar-refractivity contribution in [3.63, 3.8) is 0 Å². The number of ether oxygens (including phenoxy) is 2. The van der Waals surface area contributed by atoms with Crippen LogP contribution in [0.5, 0.6) is 0 Å². The summed E-state index contributed by atoms with van der Waals surface area (Å²) in [6.45, 7) is 7.34. The summed E-state index contributed by atoms with van der Waals surface area (Å²) in [6.07, 6.45) is 6.34. The lowest BCUT2D eigenvalue weighted by Crippen LogP contribution is -2.17. The highest BCUT2D eigenvalue weighted by molar-refractivity contribution is 5.75. The van der Waals surface area contributed by atoms with Crippen molar-refractivity contribution in [3.8, 4) is 0 Å². The van der Waals surface area contributed by atoms with Crippen LogP contribution in [0.15, 0.2) is 23.5 Å². The Bertz CT molecular complexity index is 349. The zero-order valence-electron chi connectivity index (χ0n) is 11.3. The van der Waals surface area contributed by atoms with Gasteiger partial charge in [-0.25, -0.2) is 0 Å². The average Bonchev–Trinajstić information content (AvgIpc) is 3.12. The van der Waals surface area contributed by atoms with E-state index in [1.165, 1.54) is 11.1 Å². The van der Waals surface area contributed by atoms with Crippen LogP contribution in [0.1, 0.15) is 33.6 Å². The number of nitrogens with zero attached hydrogens (tertiary/aromatic N) is 1. The van der Waals surface area contributed by atoms with Crippen molar-refractivity contribution in [3.05, 3.63) is 23.5 Å².